The molecule has 0 aliphatic rings. The minimum atomic E-state index is -4.76. The van der Waals surface area contributed by atoms with Gasteiger partial charge < -0.3 is 20.9 Å². The summed E-state index contributed by atoms with van der Waals surface area (Å²) in [6, 6.07) is 2.86. The molecule has 21 heavy (non-hydrogen) atoms. The molecule has 0 radical (unpaired) electrons. The third kappa shape index (κ3) is 7.71. The number of halogens is 3. The molecule has 0 atom stereocenters. The minimum absolute atomic E-state index is 0.0854. The maximum Gasteiger partial charge on any atom is 0.573 e. The third-order valence-corrected chi connectivity index (χ3v) is 2.02. The van der Waals surface area contributed by atoms with Gasteiger partial charge in [0.2, 0.25) is 0 Å². The van der Waals surface area contributed by atoms with Crippen LogP contribution in [0.1, 0.15) is 18.1 Å². The second-order valence-electron chi connectivity index (χ2n) is 4.03. The largest absolute Gasteiger partial charge is 0.573 e. The monoisotopic (exact) mass is 306 g/mol. The van der Waals surface area contributed by atoms with Gasteiger partial charge in [0, 0.05) is 11.3 Å². The van der Waals surface area contributed by atoms with Crippen LogP contribution in [0.4, 0.5) is 18.9 Å². The zero-order valence-corrected chi connectivity index (χ0v) is 11.8. The van der Waals surface area contributed by atoms with Gasteiger partial charge in [0.1, 0.15) is 0 Å². The highest BCUT2D eigenvalue weighted by atomic mass is 19.4. The lowest BCUT2D eigenvalue weighted by Gasteiger charge is -2.13. The van der Waals surface area contributed by atoms with E-state index >= 15 is 0 Å². The maximum absolute atomic E-state index is 12.1. The van der Waals surface area contributed by atoms with Gasteiger partial charge in [-0.1, -0.05) is 0 Å². The molecule has 118 valence electrons. The van der Waals surface area contributed by atoms with Crippen LogP contribution in [0.15, 0.2) is 17.8 Å². The average molecular weight is 306 g/mol. The molecule has 0 unspecified atom stereocenters. The van der Waals surface area contributed by atoms with Crippen molar-refractivity contribution >= 4 is 18.2 Å². The molecule has 0 aliphatic carbocycles. The van der Waals surface area contributed by atoms with E-state index in [1.165, 1.54) is 19.3 Å². The minimum Gasteiger partial charge on any atom is -0.471 e. The standard InChI is InChI=1S/C11H13F3N2O.C2H4O2/c1-6-3-8(5-7(2)15)10(16)9(4-6)17-11(12,13)14;1-4-2-3/h3-5H,15-16H2,1-2H3;2H,1H3/b7-5-;. The van der Waals surface area contributed by atoms with Crippen molar-refractivity contribution in [1.29, 1.82) is 0 Å². The van der Waals surface area contributed by atoms with Gasteiger partial charge in [-0.3, -0.25) is 4.79 Å². The zero-order valence-electron chi connectivity index (χ0n) is 11.8. The van der Waals surface area contributed by atoms with Crippen molar-refractivity contribution in [1.82, 2.24) is 0 Å². The maximum atomic E-state index is 12.1. The van der Waals surface area contributed by atoms with Crippen LogP contribution >= 0.6 is 0 Å². The van der Waals surface area contributed by atoms with Gasteiger partial charge >= 0.3 is 6.36 Å². The van der Waals surface area contributed by atoms with Crippen molar-refractivity contribution in [3.8, 4) is 5.75 Å². The van der Waals surface area contributed by atoms with Crippen LogP contribution in [0.3, 0.4) is 0 Å². The van der Waals surface area contributed by atoms with E-state index in [0.29, 0.717) is 23.3 Å². The number of alkyl halides is 3. The molecule has 1 aromatic rings. The molecule has 0 saturated carbocycles. The Hall–Kier alpha value is -2.38. The van der Waals surface area contributed by atoms with Crippen molar-refractivity contribution in [2.24, 2.45) is 5.73 Å². The number of hydrogen-bond acceptors (Lipinski definition) is 5. The van der Waals surface area contributed by atoms with Crippen molar-refractivity contribution < 1.29 is 27.4 Å². The van der Waals surface area contributed by atoms with E-state index in [1.54, 1.807) is 19.9 Å². The molecule has 0 aromatic heterocycles. The number of allylic oxidation sites excluding steroid dienone is 1. The second-order valence-corrected chi connectivity index (χ2v) is 4.03. The Morgan fingerprint density at radius 3 is 2.24 bits per heavy atom. The number of hydrogen-bond donors (Lipinski definition) is 2. The molecule has 0 aliphatic heterocycles. The molecular weight excluding hydrogens is 289 g/mol. The van der Waals surface area contributed by atoms with Crippen molar-refractivity contribution in [3.63, 3.8) is 0 Å². The van der Waals surface area contributed by atoms with E-state index in [2.05, 4.69) is 9.47 Å². The summed E-state index contributed by atoms with van der Waals surface area (Å²) in [6.45, 7) is 3.64. The predicted octanol–water partition coefficient (Wildman–Crippen LogP) is 2.58. The molecule has 0 spiro atoms. The fourth-order valence-electron chi connectivity index (χ4n) is 1.37. The fourth-order valence-corrected chi connectivity index (χ4v) is 1.37. The normalized spacial score (nSPS) is 11.2. The number of carbonyl (C=O) groups excluding carboxylic acids is 1. The Kier molecular flexibility index (Phi) is 7.12. The van der Waals surface area contributed by atoms with Crippen LogP contribution in [0.25, 0.3) is 6.08 Å². The van der Waals surface area contributed by atoms with Gasteiger partial charge in [-0.05, 0) is 37.6 Å². The molecule has 0 fully saturated rings. The van der Waals surface area contributed by atoms with E-state index in [1.807, 2.05) is 0 Å². The number of aryl methyl sites for hydroxylation is 1. The summed E-state index contributed by atoms with van der Waals surface area (Å²) in [7, 11) is 1.31. The molecule has 0 heterocycles. The van der Waals surface area contributed by atoms with Crippen LogP contribution in [0.5, 0.6) is 5.75 Å². The number of methoxy groups -OCH3 is 1. The lowest BCUT2D eigenvalue weighted by molar-refractivity contribution is -0.274. The number of nitrogen functional groups attached to an aromatic ring is 1. The summed E-state index contributed by atoms with van der Waals surface area (Å²) >= 11 is 0. The van der Waals surface area contributed by atoms with Gasteiger partial charge in [-0.25, -0.2) is 0 Å². The van der Waals surface area contributed by atoms with Gasteiger partial charge in [0.25, 0.3) is 6.47 Å². The molecule has 0 bridgehead atoms. The van der Waals surface area contributed by atoms with Crippen molar-refractivity contribution in [2.45, 2.75) is 20.2 Å². The quantitative estimate of drug-likeness (QED) is 0.662. The van der Waals surface area contributed by atoms with Gasteiger partial charge in [-0.15, -0.1) is 13.2 Å². The number of anilines is 1. The number of rotatable bonds is 3. The highest BCUT2D eigenvalue weighted by Crippen LogP contribution is 2.32. The first-order valence-corrected chi connectivity index (χ1v) is 5.66. The molecule has 4 N–H and O–H groups in total. The van der Waals surface area contributed by atoms with Crippen LogP contribution in [-0.2, 0) is 9.53 Å². The highest BCUT2D eigenvalue weighted by Gasteiger charge is 2.32. The van der Waals surface area contributed by atoms with E-state index < -0.39 is 12.1 Å². The van der Waals surface area contributed by atoms with Gasteiger partial charge in [0.15, 0.2) is 5.75 Å². The second kappa shape index (κ2) is 8.03. The number of carbonyl (C=O) groups is 1. The highest BCUT2D eigenvalue weighted by molar-refractivity contribution is 5.72. The van der Waals surface area contributed by atoms with Gasteiger partial charge in [0.05, 0.1) is 12.8 Å². The summed E-state index contributed by atoms with van der Waals surface area (Å²) in [6.07, 6.45) is -3.27. The van der Waals surface area contributed by atoms with Gasteiger partial charge in [-0.2, -0.15) is 0 Å². The van der Waals surface area contributed by atoms with Crippen molar-refractivity contribution in [2.75, 3.05) is 12.8 Å². The Bertz CT molecular complexity index is 510. The Morgan fingerprint density at radius 2 is 1.86 bits per heavy atom. The fraction of sp³-hybridized carbons (Fsp3) is 0.308. The molecule has 8 heteroatoms. The Balaban J connectivity index is 0.000000885. The molecule has 1 aromatic carbocycles. The molecule has 1 rings (SSSR count). The molecule has 0 saturated heterocycles. The summed E-state index contributed by atoms with van der Waals surface area (Å²) in [5.41, 5.74) is 12.4. The number of benzene rings is 1. The smallest absolute Gasteiger partial charge is 0.471 e. The predicted molar refractivity (Wildman–Crippen MR) is 73.2 cm³/mol. The zero-order chi connectivity index (χ0) is 16.6. The molecule has 5 nitrogen and oxygen atoms in total. The van der Waals surface area contributed by atoms with Crippen LogP contribution in [0, 0.1) is 6.92 Å². The van der Waals surface area contributed by atoms with Crippen LogP contribution in [0.2, 0.25) is 0 Å². The van der Waals surface area contributed by atoms with E-state index in [0.717, 1.165) is 0 Å². The number of ether oxygens (including phenoxy) is 2. The van der Waals surface area contributed by atoms with Crippen LogP contribution < -0.4 is 16.2 Å². The summed E-state index contributed by atoms with van der Waals surface area (Å²) in [5, 5.41) is 0. The lowest BCUT2D eigenvalue weighted by atomic mass is 10.1. The van der Waals surface area contributed by atoms with Crippen LogP contribution in [-0.4, -0.2) is 19.9 Å². The summed E-state index contributed by atoms with van der Waals surface area (Å²) < 4.78 is 44.1. The number of nitrogens with two attached hydrogens (primary N) is 2. The SMILES string of the molecule is C/C(N)=C/c1cc(C)cc(OC(F)(F)F)c1N.COC=O. The van der Waals surface area contributed by atoms with E-state index in [-0.39, 0.29) is 5.69 Å². The van der Waals surface area contributed by atoms with E-state index in [9.17, 15) is 13.2 Å². The average Bonchev–Trinajstić information content (AvgIpc) is 2.33. The van der Waals surface area contributed by atoms with E-state index in [4.69, 9.17) is 16.3 Å². The van der Waals surface area contributed by atoms with Crippen molar-refractivity contribution in [3.05, 3.63) is 29.0 Å². The lowest BCUT2D eigenvalue weighted by Crippen LogP contribution is -2.18. The first-order valence-electron chi connectivity index (χ1n) is 5.66. The molecule has 0 amide bonds. The Morgan fingerprint density at radius 1 is 1.33 bits per heavy atom. The summed E-state index contributed by atoms with van der Waals surface area (Å²) in [4.78, 5) is 8.95. The topological polar surface area (TPSA) is 87.6 Å². The Labute approximate surface area is 120 Å². The first kappa shape index (κ1) is 18.6. The third-order valence-electron chi connectivity index (χ3n) is 2.02. The summed E-state index contributed by atoms with van der Waals surface area (Å²) in [5.74, 6) is -0.412. The molecular formula is C13H17F3N2O3. The first-order chi connectivity index (χ1) is 9.60.